The Morgan fingerprint density at radius 2 is 2.12 bits per heavy atom. The van der Waals surface area contributed by atoms with Gasteiger partial charge < -0.3 is 14.8 Å². The van der Waals surface area contributed by atoms with E-state index >= 15 is 0 Å². The van der Waals surface area contributed by atoms with Gasteiger partial charge in [-0.05, 0) is 38.3 Å². The summed E-state index contributed by atoms with van der Waals surface area (Å²) in [6, 6.07) is 13.7. The first-order valence-electron chi connectivity index (χ1n) is 9.24. The molecule has 2 aromatic rings. The normalized spacial score (nSPS) is 16.6. The molecule has 1 unspecified atom stereocenters. The third kappa shape index (κ3) is 5.13. The molecule has 1 aliphatic heterocycles. The van der Waals surface area contributed by atoms with Crippen LogP contribution in [0, 0.1) is 6.92 Å². The quantitative estimate of drug-likeness (QED) is 0.739. The van der Waals surface area contributed by atoms with Gasteiger partial charge in [-0.2, -0.15) is 0 Å². The van der Waals surface area contributed by atoms with Gasteiger partial charge in [-0.3, -0.25) is 9.78 Å². The van der Waals surface area contributed by atoms with Crippen LogP contribution in [0.4, 0.5) is 0 Å². The molecule has 5 heteroatoms. The number of benzene rings is 1. The molecule has 0 spiro atoms. The third-order valence-electron chi connectivity index (χ3n) is 4.48. The number of aromatic nitrogens is 1. The summed E-state index contributed by atoms with van der Waals surface area (Å²) in [5.41, 5.74) is 3.27. The van der Waals surface area contributed by atoms with Gasteiger partial charge in [0.25, 0.3) is 5.91 Å². The maximum absolute atomic E-state index is 12.3. The monoisotopic (exact) mass is 354 g/mol. The van der Waals surface area contributed by atoms with Crippen LogP contribution in [0.2, 0.25) is 0 Å². The molecule has 1 amide bonds. The Hall–Kier alpha value is -2.24. The minimum absolute atomic E-state index is 0.0891. The molecule has 0 aliphatic carbocycles. The summed E-state index contributed by atoms with van der Waals surface area (Å²) in [4.78, 5) is 16.9. The lowest BCUT2D eigenvalue weighted by Gasteiger charge is -2.11. The topological polar surface area (TPSA) is 60.5 Å². The maximum atomic E-state index is 12.3. The molecule has 3 rings (SSSR count). The molecule has 138 valence electrons. The van der Waals surface area contributed by atoms with E-state index < -0.39 is 0 Å². The highest BCUT2D eigenvalue weighted by molar-refractivity contribution is 5.95. The van der Waals surface area contributed by atoms with Gasteiger partial charge in [-0.1, -0.05) is 30.3 Å². The van der Waals surface area contributed by atoms with E-state index in [2.05, 4.69) is 10.3 Å². The molecule has 1 atom stereocenters. The summed E-state index contributed by atoms with van der Waals surface area (Å²) in [7, 11) is 0. The predicted octanol–water partition coefficient (Wildman–Crippen LogP) is 3.37. The number of carbonyl (C=O) groups excluding carboxylic acids is 1. The molecule has 1 saturated heterocycles. The predicted molar refractivity (Wildman–Crippen MR) is 101 cm³/mol. The van der Waals surface area contributed by atoms with Gasteiger partial charge in [0.05, 0.1) is 29.7 Å². The van der Waals surface area contributed by atoms with Gasteiger partial charge >= 0.3 is 0 Å². The van der Waals surface area contributed by atoms with Gasteiger partial charge in [-0.15, -0.1) is 0 Å². The van der Waals surface area contributed by atoms with Crippen LogP contribution >= 0.6 is 0 Å². The number of ether oxygens (including phenoxy) is 2. The Morgan fingerprint density at radius 1 is 1.27 bits per heavy atom. The maximum Gasteiger partial charge on any atom is 0.253 e. The van der Waals surface area contributed by atoms with E-state index in [4.69, 9.17) is 9.47 Å². The molecule has 1 aliphatic rings. The van der Waals surface area contributed by atoms with Gasteiger partial charge in [0.15, 0.2) is 0 Å². The van der Waals surface area contributed by atoms with Crippen molar-refractivity contribution in [1.82, 2.24) is 10.3 Å². The summed E-state index contributed by atoms with van der Waals surface area (Å²) >= 11 is 0. The molecular formula is C21H26N2O3. The highest BCUT2D eigenvalue weighted by Crippen LogP contribution is 2.18. The fraction of sp³-hybridized carbons (Fsp3) is 0.429. The lowest BCUT2D eigenvalue weighted by atomic mass is 10.1. The molecule has 0 bridgehead atoms. The number of amides is 1. The summed E-state index contributed by atoms with van der Waals surface area (Å²) in [5, 5.41) is 2.94. The largest absolute Gasteiger partial charge is 0.379 e. The number of pyridine rings is 1. The first kappa shape index (κ1) is 18.5. The van der Waals surface area contributed by atoms with Crippen molar-refractivity contribution in [3.05, 3.63) is 53.7 Å². The zero-order valence-electron chi connectivity index (χ0n) is 15.2. The molecule has 1 N–H and O–H groups in total. The first-order valence-corrected chi connectivity index (χ1v) is 9.24. The van der Waals surface area contributed by atoms with Crippen molar-refractivity contribution >= 4 is 5.91 Å². The summed E-state index contributed by atoms with van der Waals surface area (Å²) in [5.74, 6) is -0.0891. The lowest BCUT2D eigenvalue weighted by molar-refractivity contribution is 0.0166. The molecule has 1 fully saturated rings. The van der Waals surface area contributed by atoms with Gasteiger partial charge in [0.2, 0.25) is 0 Å². The van der Waals surface area contributed by atoms with Crippen LogP contribution in [0.3, 0.4) is 0 Å². The zero-order chi connectivity index (χ0) is 18.2. The fourth-order valence-electron chi connectivity index (χ4n) is 3.03. The summed E-state index contributed by atoms with van der Waals surface area (Å²) in [6.45, 7) is 4.58. The molecular weight excluding hydrogens is 328 g/mol. The van der Waals surface area contributed by atoms with Crippen molar-refractivity contribution in [1.29, 1.82) is 0 Å². The van der Waals surface area contributed by atoms with E-state index in [9.17, 15) is 4.79 Å². The molecule has 0 radical (unpaired) electrons. The third-order valence-corrected chi connectivity index (χ3v) is 4.48. The van der Waals surface area contributed by atoms with Crippen LogP contribution in [-0.2, 0) is 9.47 Å². The second kappa shape index (κ2) is 9.46. The average Bonchev–Trinajstić information content (AvgIpc) is 3.18. The molecule has 26 heavy (non-hydrogen) atoms. The van der Waals surface area contributed by atoms with Crippen LogP contribution in [0.25, 0.3) is 11.3 Å². The Bertz CT molecular complexity index is 712. The molecule has 5 nitrogen and oxygen atoms in total. The zero-order valence-corrected chi connectivity index (χ0v) is 15.2. The molecule has 1 aromatic carbocycles. The Morgan fingerprint density at radius 3 is 2.85 bits per heavy atom. The van der Waals surface area contributed by atoms with Crippen molar-refractivity contribution < 1.29 is 14.3 Å². The van der Waals surface area contributed by atoms with Crippen LogP contribution < -0.4 is 5.32 Å². The first-order chi connectivity index (χ1) is 12.7. The van der Waals surface area contributed by atoms with E-state index in [-0.39, 0.29) is 12.0 Å². The van der Waals surface area contributed by atoms with Crippen molar-refractivity contribution in [2.24, 2.45) is 0 Å². The number of hydrogen-bond acceptors (Lipinski definition) is 4. The smallest absolute Gasteiger partial charge is 0.253 e. The number of hydrogen-bond donors (Lipinski definition) is 1. The van der Waals surface area contributed by atoms with Crippen LogP contribution in [0.15, 0.2) is 42.5 Å². The van der Waals surface area contributed by atoms with Crippen LogP contribution in [0.1, 0.15) is 35.3 Å². The number of aryl methyl sites for hydroxylation is 1. The standard InChI is InChI=1S/C21H26N2O3/c1-16-19(10-11-20(23-16)17-7-3-2-4-8-17)21(24)22-12-6-13-25-15-18-9-5-14-26-18/h2-4,7-8,10-11,18H,5-6,9,12-15H2,1H3,(H,22,24). The van der Waals surface area contributed by atoms with Crippen molar-refractivity contribution in [2.75, 3.05) is 26.4 Å². The van der Waals surface area contributed by atoms with E-state index in [1.165, 1.54) is 0 Å². The average molecular weight is 354 g/mol. The van der Waals surface area contributed by atoms with Crippen molar-refractivity contribution in [3.8, 4) is 11.3 Å². The second-order valence-corrected chi connectivity index (χ2v) is 6.51. The Kier molecular flexibility index (Phi) is 6.75. The Balaban J connectivity index is 1.42. The number of nitrogens with zero attached hydrogens (tertiary/aromatic N) is 1. The number of rotatable bonds is 8. The van der Waals surface area contributed by atoms with E-state index in [0.717, 1.165) is 42.8 Å². The minimum Gasteiger partial charge on any atom is -0.379 e. The highest BCUT2D eigenvalue weighted by atomic mass is 16.5. The lowest BCUT2D eigenvalue weighted by Crippen LogP contribution is -2.26. The summed E-state index contributed by atoms with van der Waals surface area (Å²) in [6.07, 6.45) is 3.25. The van der Waals surface area contributed by atoms with E-state index in [0.29, 0.717) is 25.3 Å². The number of nitrogens with one attached hydrogen (secondary N) is 1. The van der Waals surface area contributed by atoms with E-state index in [1.807, 2.05) is 49.4 Å². The van der Waals surface area contributed by atoms with Gasteiger partial charge in [0.1, 0.15) is 0 Å². The SMILES string of the molecule is Cc1nc(-c2ccccc2)ccc1C(=O)NCCCOCC1CCCO1. The second-order valence-electron chi connectivity index (χ2n) is 6.51. The fourth-order valence-corrected chi connectivity index (χ4v) is 3.03. The highest BCUT2D eigenvalue weighted by Gasteiger charge is 2.15. The molecule has 0 saturated carbocycles. The Labute approximate surface area is 154 Å². The molecule has 1 aromatic heterocycles. The van der Waals surface area contributed by atoms with Crippen LogP contribution in [-0.4, -0.2) is 43.4 Å². The van der Waals surface area contributed by atoms with Crippen molar-refractivity contribution in [2.45, 2.75) is 32.3 Å². The number of carbonyl (C=O) groups is 1. The van der Waals surface area contributed by atoms with E-state index in [1.54, 1.807) is 0 Å². The minimum atomic E-state index is -0.0891. The van der Waals surface area contributed by atoms with Gasteiger partial charge in [0, 0.05) is 25.3 Å². The van der Waals surface area contributed by atoms with Crippen molar-refractivity contribution in [3.63, 3.8) is 0 Å². The van der Waals surface area contributed by atoms with Crippen LogP contribution in [0.5, 0.6) is 0 Å². The van der Waals surface area contributed by atoms with Gasteiger partial charge in [-0.25, -0.2) is 0 Å². The summed E-state index contributed by atoms with van der Waals surface area (Å²) < 4.78 is 11.1. The molecule has 2 heterocycles.